The smallest absolute Gasteiger partial charge is 0.234 e. The predicted molar refractivity (Wildman–Crippen MR) is 104 cm³/mol. The molecule has 3 rings (SSSR count). The van der Waals surface area contributed by atoms with Crippen LogP contribution in [0.4, 0.5) is 15.2 Å². The largest absolute Gasteiger partial charge is 0.356 e. The Kier molecular flexibility index (Phi) is 6.19. The van der Waals surface area contributed by atoms with Crippen molar-refractivity contribution in [3.63, 3.8) is 0 Å². The van der Waals surface area contributed by atoms with E-state index in [1.165, 1.54) is 29.2 Å². The summed E-state index contributed by atoms with van der Waals surface area (Å²) in [6.07, 6.45) is 0. The lowest BCUT2D eigenvalue weighted by Crippen LogP contribution is -2.14. The van der Waals surface area contributed by atoms with Crippen LogP contribution in [-0.4, -0.2) is 21.9 Å². The number of nitrogens with zero attached hydrogens (tertiary/aromatic N) is 2. The number of aromatic nitrogens is 2. The molecule has 26 heavy (non-hydrogen) atoms. The fourth-order valence-electron chi connectivity index (χ4n) is 2.11. The maximum atomic E-state index is 13.5. The molecule has 0 unspecified atom stereocenters. The second-order valence-electron chi connectivity index (χ2n) is 5.51. The van der Waals surface area contributed by atoms with E-state index in [0.29, 0.717) is 27.3 Å². The van der Waals surface area contributed by atoms with Crippen LogP contribution in [0.25, 0.3) is 0 Å². The number of nitrogens with one attached hydrogen (secondary N) is 2. The molecule has 134 valence electrons. The van der Waals surface area contributed by atoms with Gasteiger partial charge < -0.3 is 10.6 Å². The molecule has 0 atom stereocenters. The molecule has 1 heterocycles. The number of hydrogen-bond acceptors (Lipinski definition) is 6. The van der Waals surface area contributed by atoms with Gasteiger partial charge >= 0.3 is 0 Å². The van der Waals surface area contributed by atoms with E-state index in [-0.39, 0.29) is 17.5 Å². The summed E-state index contributed by atoms with van der Waals surface area (Å²) in [4.78, 5) is 12.0. The zero-order chi connectivity index (χ0) is 18.4. The summed E-state index contributed by atoms with van der Waals surface area (Å²) in [6.45, 7) is 2.34. The van der Waals surface area contributed by atoms with Crippen molar-refractivity contribution in [3.8, 4) is 0 Å². The molecule has 0 fully saturated rings. The Balaban J connectivity index is 1.46. The van der Waals surface area contributed by atoms with Crippen molar-refractivity contribution in [2.24, 2.45) is 0 Å². The molecule has 0 saturated carbocycles. The minimum Gasteiger partial charge on any atom is -0.356 e. The molecule has 8 heteroatoms. The van der Waals surface area contributed by atoms with E-state index >= 15 is 0 Å². The van der Waals surface area contributed by atoms with Crippen LogP contribution in [0, 0.1) is 12.7 Å². The maximum absolute atomic E-state index is 13.5. The van der Waals surface area contributed by atoms with E-state index < -0.39 is 0 Å². The van der Waals surface area contributed by atoms with E-state index in [9.17, 15) is 9.18 Å². The zero-order valence-corrected chi connectivity index (χ0v) is 15.7. The van der Waals surface area contributed by atoms with Gasteiger partial charge in [-0.05, 0) is 30.2 Å². The fraction of sp³-hybridized carbons (Fsp3) is 0.167. The van der Waals surface area contributed by atoms with Crippen molar-refractivity contribution in [1.82, 2.24) is 10.2 Å². The molecule has 5 nitrogen and oxygen atoms in total. The van der Waals surface area contributed by atoms with Gasteiger partial charge in [0.25, 0.3) is 0 Å². The standard InChI is InChI=1S/C18H17FN4OS2/c1-12-7-8-14(9-15(12)19)21-16(24)11-25-18-23-22-17(26-18)20-10-13-5-3-2-4-6-13/h2-9H,10-11H2,1H3,(H,20,22)(H,21,24). The number of hydrogen-bond donors (Lipinski definition) is 2. The minimum absolute atomic E-state index is 0.183. The molecule has 2 N–H and O–H groups in total. The van der Waals surface area contributed by atoms with Crippen molar-refractivity contribution in [3.05, 3.63) is 65.5 Å². The molecule has 0 bridgehead atoms. The molecule has 3 aromatic rings. The van der Waals surface area contributed by atoms with Gasteiger partial charge in [0.1, 0.15) is 5.82 Å². The fourth-order valence-corrected chi connectivity index (χ4v) is 3.66. The molecule has 0 saturated heterocycles. The molecule has 1 aromatic heterocycles. The summed E-state index contributed by atoms with van der Waals surface area (Å²) in [5.74, 6) is -0.371. The lowest BCUT2D eigenvalue weighted by atomic mass is 10.2. The van der Waals surface area contributed by atoms with Crippen LogP contribution in [-0.2, 0) is 11.3 Å². The summed E-state index contributed by atoms with van der Waals surface area (Å²) in [5.41, 5.74) is 2.14. The van der Waals surface area contributed by atoms with Crippen molar-refractivity contribution in [2.75, 3.05) is 16.4 Å². The normalized spacial score (nSPS) is 10.5. The van der Waals surface area contributed by atoms with Crippen LogP contribution >= 0.6 is 23.1 Å². The topological polar surface area (TPSA) is 66.9 Å². The highest BCUT2D eigenvalue weighted by atomic mass is 32.2. The lowest BCUT2D eigenvalue weighted by molar-refractivity contribution is -0.113. The SMILES string of the molecule is Cc1ccc(NC(=O)CSc2nnc(NCc3ccccc3)s2)cc1F. The number of rotatable bonds is 7. The number of halogens is 1. The number of thioether (sulfide) groups is 1. The molecule has 0 aliphatic heterocycles. The highest BCUT2D eigenvalue weighted by Gasteiger charge is 2.09. The summed E-state index contributed by atoms with van der Waals surface area (Å²) in [5, 5.41) is 14.7. The first-order chi connectivity index (χ1) is 12.6. The summed E-state index contributed by atoms with van der Waals surface area (Å²) in [6, 6.07) is 14.6. The first-order valence-electron chi connectivity index (χ1n) is 7.90. The average molecular weight is 388 g/mol. The summed E-state index contributed by atoms with van der Waals surface area (Å²) >= 11 is 2.69. The van der Waals surface area contributed by atoms with Crippen molar-refractivity contribution >= 4 is 39.8 Å². The van der Waals surface area contributed by atoms with Crippen molar-refractivity contribution in [2.45, 2.75) is 17.8 Å². The molecular weight excluding hydrogens is 371 g/mol. The van der Waals surface area contributed by atoms with Gasteiger partial charge in [-0.15, -0.1) is 10.2 Å². The third-order valence-electron chi connectivity index (χ3n) is 3.48. The van der Waals surface area contributed by atoms with E-state index in [4.69, 9.17) is 0 Å². The van der Waals surface area contributed by atoms with Crippen LogP contribution in [0.15, 0.2) is 52.9 Å². The first-order valence-corrected chi connectivity index (χ1v) is 9.70. The number of carbonyl (C=O) groups is 1. The monoisotopic (exact) mass is 388 g/mol. The van der Waals surface area contributed by atoms with E-state index in [1.807, 2.05) is 30.3 Å². The van der Waals surface area contributed by atoms with Gasteiger partial charge in [-0.2, -0.15) is 0 Å². The number of benzene rings is 2. The molecule has 0 radical (unpaired) electrons. The Labute approximate surface area is 159 Å². The Hall–Kier alpha value is -2.45. The van der Waals surface area contributed by atoms with E-state index in [2.05, 4.69) is 20.8 Å². The zero-order valence-electron chi connectivity index (χ0n) is 14.0. The van der Waals surface area contributed by atoms with Crippen LogP contribution in [0.5, 0.6) is 0 Å². The van der Waals surface area contributed by atoms with Crippen molar-refractivity contribution < 1.29 is 9.18 Å². The second-order valence-corrected chi connectivity index (χ2v) is 7.71. The van der Waals surface area contributed by atoms with Crippen LogP contribution in [0.2, 0.25) is 0 Å². The average Bonchev–Trinajstić information content (AvgIpc) is 3.10. The third-order valence-corrected chi connectivity index (χ3v) is 5.49. The number of anilines is 2. The van der Waals surface area contributed by atoms with Gasteiger partial charge in [-0.3, -0.25) is 4.79 Å². The Morgan fingerprint density at radius 1 is 1.19 bits per heavy atom. The van der Waals surface area contributed by atoms with Crippen LogP contribution in [0.1, 0.15) is 11.1 Å². The molecule has 1 amide bonds. The highest BCUT2D eigenvalue weighted by Crippen LogP contribution is 2.26. The van der Waals surface area contributed by atoms with E-state index in [1.54, 1.807) is 19.1 Å². The Morgan fingerprint density at radius 2 is 2.00 bits per heavy atom. The van der Waals surface area contributed by atoms with Gasteiger partial charge in [0.2, 0.25) is 11.0 Å². The predicted octanol–water partition coefficient (Wildman–Crippen LogP) is 4.33. The summed E-state index contributed by atoms with van der Waals surface area (Å²) < 4.78 is 14.2. The Morgan fingerprint density at radius 3 is 2.77 bits per heavy atom. The second kappa shape index (κ2) is 8.77. The number of aryl methyl sites for hydroxylation is 1. The van der Waals surface area contributed by atoms with E-state index in [0.717, 1.165) is 5.56 Å². The Bertz CT molecular complexity index is 886. The van der Waals surface area contributed by atoms with Gasteiger partial charge in [0, 0.05) is 12.2 Å². The minimum atomic E-state index is -0.339. The summed E-state index contributed by atoms with van der Waals surface area (Å²) in [7, 11) is 0. The maximum Gasteiger partial charge on any atom is 0.234 e. The number of carbonyl (C=O) groups excluding carboxylic acids is 1. The highest BCUT2D eigenvalue weighted by molar-refractivity contribution is 8.01. The number of amides is 1. The van der Waals surface area contributed by atoms with Crippen LogP contribution in [0.3, 0.4) is 0 Å². The van der Waals surface area contributed by atoms with Crippen molar-refractivity contribution in [1.29, 1.82) is 0 Å². The first kappa shape index (κ1) is 18.3. The third kappa shape index (κ3) is 5.27. The molecule has 0 spiro atoms. The van der Waals surface area contributed by atoms with Gasteiger partial charge in [0.05, 0.1) is 5.75 Å². The molecule has 0 aliphatic rings. The van der Waals surface area contributed by atoms with Crippen LogP contribution < -0.4 is 10.6 Å². The quantitative estimate of drug-likeness (QED) is 0.590. The lowest BCUT2D eigenvalue weighted by Gasteiger charge is -2.05. The van der Waals surface area contributed by atoms with Gasteiger partial charge in [-0.25, -0.2) is 4.39 Å². The molecule has 0 aliphatic carbocycles. The van der Waals surface area contributed by atoms with Gasteiger partial charge in [0.15, 0.2) is 4.34 Å². The molecule has 2 aromatic carbocycles. The molecular formula is C18H17FN4OS2. The van der Waals surface area contributed by atoms with Gasteiger partial charge in [-0.1, -0.05) is 59.5 Å².